The highest BCUT2D eigenvalue weighted by atomic mass is 127. The molecule has 0 saturated carbocycles. The lowest BCUT2D eigenvalue weighted by molar-refractivity contribution is 0.0690. The Labute approximate surface area is 124 Å². The van der Waals surface area contributed by atoms with Crippen molar-refractivity contribution in [1.82, 2.24) is 4.98 Å². The number of anilines is 3. The number of nitrogen functional groups attached to an aromatic ring is 1. The van der Waals surface area contributed by atoms with Gasteiger partial charge in [0.05, 0.1) is 5.69 Å². The van der Waals surface area contributed by atoms with Crippen LogP contribution in [0.3, 0.4) is 0 Å². The van der Waals surface area contributed by atoms with Gasteiger partial charge in [0.1, 0.15) is 0 Å². The molecule has 98 valence electrons. The molecule has 0 aliphatic heterocycles. The Balaban J connectivity index is 2.40. The molecule has 0 unspecified atom stereocenters. The van der Waals surface area contributed by atoms with E-state index in [9.17, 15) is 4.79 Å². The van der Waals surface area contributed by atoms with Gasteiger partial charge in [-0.15, -0.1) is 0 Å². The number of pyridine rings is 1. The molecule has 1 aromatic heterocycles. The highest BCUT2D eigenvalue weighted by Gasteiger charge is 2.09. The van der Waals surface area contributed by atoms with Gasteiger partial charge in [-0.3, -0.25) is 0 Å². The van der Waals surface area contributed by atoms with E-state index in [1.165, 1.54) is 12.1 Å². The Morgan fingerprint density at radius 1 is 1.37 bits per heavy atom. The van der Waals surface area contributed by atoms with E-state index < -0.39 is 5.97 Å². The largest absolute Gasteiger partial charge is 0.477 e. The minimum Gasteiger partial charge on any atom is -0.477 e. The predicted octanol–water partition coefficient (Wildman–Crippen LogP) is 3.02. The number of nitrogens with zero attached hydrogens (tertiary/aromatic N) is 1. The summed E-state index contributed by atoms with van der Waals surface area (Å²) < 4.78 is 1.07. The summed E-state index contributed by atoms with van der Waals surface area (Å²) >= 11 is 2.21. The SMILES string of the molecule is Cc1ccc(I)cc1Nc1nc(C(=O)O)ccc1N. The van der Waals surface area contributed by atoms with Gasteiger partial charge >= 0.3 is 5.97 Å². The van der Waals surface area contributed by atoms with Crippen LogP contribution in [0.4, 0.5) is 17.2 Å². The second-order valence-corrected chi connectivity index (χ2v) is 5.27. The van der Waals surface area contributed by atoms with E-state index in [4.69, 9.17) is 10.8 Å². The number of aromatic nitrogens is 1. The number of nitrogens with two attached hydrogens (primary N) is 1. The van der Waals surface area contributed by atoms with Gasteiger partial charge < -0.3 is 16.2 Å². The molecule has 0 saturated heterocycles. The second kappa shape index (κ2) is 5.43. The van der Waals surface area contributed by atoms with Gasteiger partial charge in [-0.05, 0) is 59.3 Å². The van der Waals surface area contributed by atoms with Crippen LogP contribution in [-0.4, -0.2) is 16.1 Å². The number of carbonyl (C=O) groups is 1. The molecule has 5 nitrogen and oxygen atoms in total. The van der Waals surface area contributed by atoms with Gasteiger partial charge in [-0.25, -0.2) is 9.78 Å². The third-order valence-corrected chi connectivity index (χ3v) is 3.27. The second-order valence-electron chi connectivity index (χ2n) is 4.02. The number of nitrogens with one attached hydrogen (secondary N) is 1. The van der Waals surface area contributed by atoms with E-state index in [0.29, 0.717) is 11.5 Å². The predicted molar refractivity (Wildman–Crippen MR) is 82.8 cm³/mol. The fourth-order valence-corrected chi connectivity index (χ4v) is 2.04. The zero-order chi connectivity index (χ0) is 14.0. The van der Waals surface area contributed by atoms with Gasteiger partial charge in [0, 0.05) is 9.26 Å². The summed E-state index contributed by atoms with van der Waals surface area (Å²) in [7, 11) is 0. The average molecular weight is 369 g/mol. The normalized spacial score (nSPS) is 10.2. The van der Waals surface area contributed by atoms with Crippen molar-refractivity contribution in [2.45, 2.75) is 6.92 Å². The number of hydrogen-bond donors (Lipinski definition) is 3. The number of halogens is 1. The molecular formula is C13H12IN3O2. The molecular weight excluding hydrogens is 357 g/mol. The molecule has 4 N–H and O–H groups in total. The number of carboxylic acid groups (broad SMARTS) is 1. The standard InChI is InChI=1S/C13H12IN3O2/c1-7-2-3-8(14)6-11(7)17-12-9(15)4-5-10(16-12)13(18)19/h2-6H,15H2,1H3,(H,16,17)(H,18,19). The quantitative estimate of drug-likeness (QED) is 0.724. The van der Waals surface area contributed by atoms with Crippen molar-refractivity contribution >= 4 is 45.8 Å². The van der Waals surface area contributed by atoms with Crippen LogP contribution in [0.15, 0.2) is 30.3 Å². The van der Waals surface area contributed by atoms with E-state index in [1.807, 2.05) is 25.1 Å². The molecule has 0 aliphatic rings. The Bertz CT molecular complexity index is 644. The lowest BCUT2D eigenvalue weighted by atomic mass is 10.2. The van der Waals surface area contributed by atoms with Crippen LogP contribution in [-0.2, 0) is 0 Å². The first kappa shape index (κ1) is 13.6. The number of rotatable bonds is 3. The van der Waals surface area contributed by atoms with Gasteiger partial charge in [0.25, 0.3) is 0 Å². The average Bonchev–Trinajstić information content (AvgIpc) is 2.36. The number of carboxylic acids is 1. The Kier molecular flexibility index (Phi) is 3.89. The molecule has 0 aliphatic carbocycles. The van der Waals surface area contributed by atoms with Crippen molar-refractivity contribution in [1.29, 1.82) is 0 Å². The zero-order valence-corrected chi connectivity index (χ0v) is 12.3. The summed E-state index contributed by atoms with van der Waals surface area (Å²) in [6.45, 7) is 1.95. The van der Waals surface area contributed by atoms with Gasteiger partial charge in [-0.1, -0.05) is 6.07 Å². The van der Waals surface area contributed by atoms with Crippen LogP contribution < -0.4 is 11.1 Å². The molecule has 0 spiro atoms. The first-order valence-electron chi connectivity index (χ1n) is 5.50. The first-order chi connectivity index (χ1) is 8.97. The maximum Gasteiger partial charge on any atom is 0.354 e. The molecule has 0 atom stereocenters. The van der Waals surface area contributed by atoms with Crippen molar-refractivity contribution in [3.05, 3.63) is 45.2 Å². The molecule has 0 amide bonds. The number of aromatic carboxylic acids is 1. The van der Waals surface area contributed by atoms with E-state index in [1.54, 1.807) is 0 Å². The van der Waals surface area contributed by atoms with Gasteiger partial charge in [-0.2, -0.15) is 0 Å². The highest BCUT2D eigenvalue weighted by molar-refractivity contribution is 14.1. The molecule has 6 heteroatoms. The van der Waals surface area contributed by atoms with Crippen molar-refractivity contribution in [3.63, 3.8) is 0 Å². The molecule has 19 heavy (non-hydrogen) atoms. The van der Waals surface area contributed by atoms with Crippen LogP contribution >= 0.6 is 22.6 Å². The summed E-state index contributed by atoms with van der Waals surface area (Å²) in [5, 5.41) is 12.0. The third-order valence-electron chi connectivity index (χ3n) is 2.60. The fraction of sp³-hybridized carbons (Fsp3) is 0.0769. The molecule has 2 rings (SSSR count). The highest BCUT2D eigenvalue weighted by Crippen LogP contribution is 2.25. The minimum absolute atomic E-state index is 0.0417. The molecule has 2 aromatic rings. The van der Waals surface area contributed by atoms with Crippen LogP contribution in [0.2, 0.25) is 0 Å². The molecule has 1 heterocycles. The lowest BCUT2D eigenvalue weighted by Gasteiger charge is -2.11. The van der Waals surface area contributed by atoms with Crippen LogP contribution in [0.1, 0.15) is 16.1 Å². The van der Waals surface area contributed by atoms with Gasteiger partial charge in [0.2, 0.25) is 0 Å². The summed E-state index contributed by atoms with van der Waals surface area (Å²) in [6, 6.07) is 8.82. The Hall–Kier alpha value is -1.83. The number of aryl methyl sites for hydroxylation is 1. The molecule has 1 aromatic carbocycles. The Morgan fingerprint density at radius 2 is 2.11 bits per heavy atom. The smallest absolute Gasteiger partial charge is 0.354 e. The first-order valence-corrected chi connectivity index (χ1v) is 6.58. The van der Waals surface area contributed by atoms with E-state index >= 15 is 0 Å². The monoisotopic (exact) mass is 369 g/mol. The minimum atomic E-state index is -1.08. The maximum atomic E-state index is 10.9. The van der Waals surface area contributed by atoms with Crippen LogP contribution in [0, 0.1) is 10.5 Å². The molecule has 0 fully saturated rings. The lowest BCUT2D eigenvalue weighted by Crippen LogP contribution is -2.06. The maximum absolute atomic E-state index is 10.9. The van der Waals surface area contributed by atoms with E-state index in [2.05, 4.69) is 32.9 Å². The van der Waals surface area contributed by atoms with Crippen molar-refractivity contribution in [2.75, 3.05) is 11.1 Å². The van der Waals surface area contributed by atoms with E-state index in [0.717, 1.165) is 14.8 Å². The van der Waals surface area contributed by atoms with Crippen molar-refractivity contribution in [2.24, 2.45) is 0 Å². The zero-order valence-electron chi connectivity index (χ0n) is 10.1. The summed E-state index contributed by atoms with van der Waals surface area (Å²) in [5.74, 6) is -0.729. The third kappa shape index (κ3) is 3.14. The van der Waals surface area contributed by atoms with Crippen molar-refractivity contribution in [3.8, 4) is 0 Å². The van der Waals surface area contributed by atoms with Gasteiger partial charge in [0.15, 0.2) is 11.5 Å². The summed E-state index contributed by atoms with van der Waals surface area (Å²) in [5.41, 5.74) is 8.06. The fourth-order valence-electron chi connectivity index (χ4n) is 1.55. The van der Waals surface area contributed by atoms with E-state index in [-0.39, 0.29) is 5.69 Å². The van der Waals surface area contributed by atoms with Crippen molar-refractivity contribution < 1.29 is 9.90 Å². The summed E-state index contributed by atoms with van der Waals surface area (Å²) in [4.78, 5) is 14.9. The molecule has 0 bridgehead atoms. The number of hydrogen-bond acceptors (Lipinski definition) is 4. The van der Waals surface area contributed by atoms with Crippen LogP contribution in [0.25, 0.3) is 0 Å². The summed E-state index contributed by atoms with van der Waals surface area (Å²) in [6.07, 6.45) is 0. The molecule has 0 radical (unpaired) electrons. The Morgan fingerprint density at radius 3 is 2.79 bits per heavy atom. The number of benzene rings is 1. The topological polar surface area (TPSA) is 88.2 Å². The van der Waals surface area contributed by atoms with Crippen LogP contribution in [0.5, 0.6) is 0 Å².